The molecule has 28 heavy (non-hydrogen) atoms. The summed E-state index contributed by atoms with van der Waals surface area (Å²) in [5.74, 6) is 1.33. The summed E-state index contributed by atoms with van der Waals surface area (Å²) in [5, 5.41) is 5.44. The van der Waals surface area contributed by atoms with E-state index < -0.39 is 0 Å². The minimum atomic E-state index is -0.290. The van der Waals surface area contributed by atoms with E-state index in [0.717, 1.165) is 0 Å². The molecule has 1 aliphatic rings. The van der Waals surface area contributed by atoms with E-state index >= 15 is 0 Å². The number of hydrogen-bond acceptors (Lipinski definition) is 6. The van der Waals surface area contributed by atoms with Crippen molar-refractivity contribution >= 4 is 11.8 Å². The number of benzene rings is 2. The minimum absolute atomic E-state index is 0.174. The Morgan fingerprint density at radius 3 is 1.32 bits per heavy atom. The Balaban J connectivity index is 1.66. The summed E-state index contributed by atoms with van der Waals surface area (Å²) in [6.45, 7) is 0.860. The van der Waals surface area contributed by atoms with Crippen LogP contribution in [0.2, 0.25) is 0 Å². The van der Waals surface area contributed by atoms with Gasteiger partial charge >= 0.3 is 0 Å². The fourth-order valence-electron chi connectivity index (χ4n) is 2.47. The van der Waals surface area contributed by atoms with Crippen LogP contribution >= 0.6 is 0 Å². The Morgan fingerprint density at radius 2 is 0.929 bits per heavy atom. The summed E-state index contributed by atoms with van der Waals surface area (Å²) < 4.78 is 22.4. The van der Waals surface area contributed by atoms with Crippen molar-refractivity contribution in [2.75, 3.05) is 39.5 Å². The maximum absolute atomic E-state index is 12.0. The Hall–Kier alpha value is -3.42. The maximum atomic E-state index is 12.0. The van der Waals surface area contributed by atoms with Crippen molar-refractivity contribution in [2.45, 2.75) is 0 Å². The van der Waals surface area contributed by atoms with E-state index in [0.29, 0.717) is 36.1 Å². The molecule has 0 unspecified atom stereocenters. The number of amides is 2. The normalized spacial score (nSPS) is 16.1. The van der Waals surface area contributed by atoms with Gasteiger partial charge in [0, 0.05) is 0 Å². The van der Waals surface area contributed by atoms with Gasteiger partial charge in [0.05, 0.1) is 13.1 Å². The van der Waals surface area contributed by atoms with Crippen molar-refractivity contribution in [3.8, 4) is 23.0 Å². The number of carbonyl (C=O) groups is 2. The molecule has 0 saturated carbocycles. The molecule has 2 aromatic rings. The van der Waals surface area contributed by atoms with Crippen molar-refractivity contribution in [2.24, 2.45) is 0 Å². The van der Waals surface area contributed by atoms with Crippen LogP contribution in [0.15, 0.2) is 48.5 Å². The van der Waals surface area contributed by atoms with Crippen LogP contribution in [0.5, 0.6) is 23.0 Å². The summed E-state index contributed by atoms with van der Waals surface area (Å²) in [6, 6.07) is 14.1. The van der Waals surface area contributed by atoms with E-state index in [1.807, 2.05) is 12.1 Å². The molecule has 3 rings (SSSR count). The predicted molar refractivity (Wildman–Crippen MR) is 101 cm³/mol. The molecule has 0 spiro atoms. The molecule has 1 aliphatic heterocycles. The molecule has 0 aromatic heterocycles. The first kappa shape index (κ1) is 19.3. The van der Waals surface area contributed by atoms with Crippen LogP contribution in [0, 0.1) is 0 Å². The highest BCUT2D eigenvalue weighted by Gasteiger charge is 2.11. The molecule has 0 saturated heterocycles. The van der Waals surface area contributed by atoms with Crippen LogP contribution in [0.4, 0.5) is 0 Å². The number of fused-ring (bicyclic) bond motifs is 2. The molecule has 2 aromatic carbocycles. The highest BCUT2D eigenvalue weighted by atomic mass is 16.5. The molecule has 8 heteroatoms. The van der Waals surface area contributed by atoms with Gasteiger partial charge in [0.2, 0.25) is 0 Å². The van der Waals surface area contributed by atoms with Crippen molar-refractivity contribution in [3.05, 3.63) is 48.5 Å². The van der Waals surface area contributed by atoms with Crippen LogP contribution in [-0.2, 0) is 9.59 Å². The average molecular weight is 386 g/mol. The molecule has 0 bridgehead atoms. The van der Waals surface area contributed by atoms with Gasteiger partial charge in [0.1, 0.15) is 13.2 Å². The topological polar surface area (TPSA) is 95.1 Å². The lowest BCUT2D eigenvalue weighted by molar-refractivity contribution is -0.124. The van der Waals surface area contributed by atoms with Gasteiger partial charge in [-0.2, -0.15) is 0 Å². The zero-order valence-electron chi connectivity index (χ0n) is 15.3. The van der Waals surface area contributed by atoms with Crippen molar-refractivity contribution in [1.82, 2.24) is 10.6 Å². The lowest BCUT2D eigenvalue weighted by atomic mass is 10.3. The van der Waals surface area contributed by atoms with Gasteiger partial charge in [-0.1, -0.05) is 24.3 Å². The molecular weight excluding hydrogens is 364 g/mol. The molecule has 0 atom stereocenters. The third kappa shape index (κ3) is 5.80. The van der Waals surface area contributed by atoms with Crippen molar-refractivity contribution in [3.63, 3.8) is 0 Å². The summed E-state index contributed by atoms with van der Waals surface area (Å²) in [6.07, 6.45) is 0. The van der Waals surface area contributed by atoms with Gasteiger partial charge in [-0.05, 0) is 24.3 Å². The monoisotopic (exact) mass is 386 g/mol. The van der Waals surface area contributed by atoms with E-state index in [4.69, 9.17) is 18.9 Å². The van der Waals surface area contributed by atoms with Crippen LogP contribution in [-0.4, -0.2) is 51.3 Å². The van der Waals surface area contributed by atoms with Crippen molar-refractivity contribution < 1.29 is 28.5 Å². The number of nitrogens with one attached hydrogen (secondary N) is 2. The Labute approximate surface area is 162 Å². The van der Waals surface area contributed by atoms with E-state index in [9.17, 15) is 9.59 Å². The summed E-state index contributed by atoms with van der Waals surface area (Å²) in [4.78, 5) is 23.9. The van der Waals surface area contributed by atoms with Gasteiger partial charge in [-0.3, -0.25) is 9.59 Å². The molecule has 0 fully saturated rings. The van der Waals surface area contributed by atoms with Gasteiger partial charge in [0.15, 0.2) is 36.2 Å². The molecule has 148 valence electrons. The largest absolute Gasteiger partial charge is 0.488 e. The van der Waals surface area contributed by atoms with Crippen LogP contribution < -0.4 is 29.6 Å². The predicted octanol–water partition coefficient (Wildman–Crippen LogP) is 1.15. The van der Waals surface area contributed by atoms with E-state index in [1.165, 1.54) is 0 Å². The summed E-state index contributed by atoms with van der Waals surface area (Å²) in [5.41, 5.74) is 0. The van der Waals surface area contributed by atoms with E-state index in [-0.39, 0.29) is 38.2 Å². The lowest BCUT2D eigenvalue weighted by Crippen LogP contribution is -2.33. The molecule has 0 aliphatic carbocycles. The first-order valence-electron chi connectivity index (χ1n) is 8.95. The highest BCUT2D eigenvalue weighted by molar-refractivity contribution is 5.78. The minimum Gasteiger partial charge on any atom is -0.488 e. The first-order chi connectivity index (χ1) is 13.7. The highest BCUT2D eigenvalue weighted by Crippen LogP contribution is 2.27. The smallest absolute Gasteiger partial charge is 0.258 e. The molecule has 8 nitrogen and oxygen atoms in total. The quantitative estimate of drug-likeness (QED) is 0.705. The van der Waals surface area contributed by atoms with Gasteiger partial charge in [-0.25, -0.2) is 0 Å². The van der Waals surface area contributed by atoms with Gasteiger partial charge in [-0.15, -0.1) is 0 Å². The van der Waals surface area contributed by atoms with E-state index in [2.05, 4.69) is 10.6 Å². The van der Waals surface area contributed by atoms with Crippen LogP contribution in [0.25, 0.3) is 0 Å². The first-order valence-corrected chi connectivity index (χ1v) is 8.95. The number of para-hydroxylation sites is 4. The number of hydrogen-bond donors (Lipinski definition) is 2. The average Bonchev–Trinajstić information content (AvgIpc) is 2.72. The standard InChI is InChI=1S/C20H22N2O6/c23-19-13-27-17-7-3-4-8-18(17)28-14-20(24)22-10-12-26-16-6-2-1-5-15(16)25-11-9-21-19/h1-8H,9-14H2,(H,21,23)(H,22,24). The van der Waals surface area contributed by atoms with Crippen LogP contribution in [0.3, 0.4) is 0 Å². The second-order valence-corrected chi connectivity index (χ2v) is 5.87. The fourth-order valence-corrected chi connectivity index (χ4v) is 2.47. The second-order valence-electron chi connectivity index (χ2n) is 5.87. The molecular formula is C20H22N2O6. The third-order valence-corrected chi connectivity index (χ3v) is 3.78. The zero-order chi connectivity index (χ0) is 19.6. The zero-order valence-corrected chi connectivity index (χ0v) is 15.3. The van der Waals surface area contributed by atoms with E-state index in [1.54, 1.807) is 36.4 Å². The van der Waals surface area contributed by atoms with Gasteiger partial charge in [0.25, 0.3) is 11.8 Å². The van der Waals surface area contributed by atoms with Gasteiger partial charge < -0.3 is 29.6 Å². The third-order valence-electron chi connectivity index (χ3n) is 3.78. The van der Waals surface area contributed by atoms with Crippen molar-refractivity contribution in [1.29, 1.82) is 0 Å². The molecule has 0 radical (unpaired) electrons. The Morgan fingerprint density at radius 1 is 0.571 bits per heavy atom. The second kappa shape index (κ2) is 10.1. The summed E-state index contributed by atoms with van der Waals surface area (Å²) in [7, 11) is 0. The fraction of sp³-hybridized carbons (Fsp3) is 0.300. The summed E-state index contributed by atoms with van der Waals surface area (Å²) >= 11 is 0. The number of rotatable bonds is 0. The Kier molecular flexibility index (Phi) is 6.95. The molecule has 2 amide bonds. The molecule has 1 heterocycles. The molecule has 2 N–H and O–H groups in total. The maximum Gasteiger partial charge on any atom is 0.258 e. The SMILES string of the molecule is O=C1COc2ccccc2OCC(=O)NCCOc2ccccc2OCCN1. The number of ether oxygens (including phenoxy) is 4. The Bertz CT molecular complexity index is 745. The van der Waals surface area contributed by atoms with Crippen LogP contribution in [0.1, 0.15) is 0 Å². The lowest BCUT2D eigenvalue weighted by Gasteiger charge is -2.15. The number of carbonyl (C=O) groups excluding carboxylic acids is 2.